The number of hydrogen-bond donors (Lipinski definition) is 1. The summed E-state index contributed by atoms with van der Waals surface area (Å²) in [6.45, 7) is 0. The Hall–Kier alpha value is -3.22. The number of nitrogens with zero attached hydrogens (tertiary/aromatic N) is 3. The molecule has 0 saturated heterocycles. The molecule has 0 radical (unpaired) electrons. The molecule has 1 N–H and O–H groups in total. The number of aliphatic carboxylic acids is 1. The molecule has 0 bridgehead atoms. The Bertz CT molecular complexity index is 932. The van der Waals surface area contributed by atoms with Crippen molar-refractivity contribution in [2.45, 2.75) is 12.8 Å². The Morgan fingerprint density at radius 2 is 2.00 bits per heavy atom. The van der Waals surface area contributed by atoms with Gasteiger partial charge in [0.2, 0.25) is 0 Å². The van der Waals surface area contributed by atoms with Crippen molar-refractivity contribution in [3.63, 3.8) is 0 Å². The van der Waals surface area contributed by atoms with Gasteiger partial charge in [-0.05, 0) is 41.3 Å². The number of carbonyl (C=O) groups is 1. The summed E-state index contributed by atoms with van der Waals surface area (Å²) >= 11 is 0. The highest BCUT2D eigenvalue weighted by atomic mass is 16.6. The van der Waals surface area contributed by atoms with Crippen LogP contribution in [0.2, 0.25) is 0 Å². The van der Waals surface area contributed by atoms with Gasteiger partial charge in [-0.1, -0.05) is 0 Å². The molecule has 1 aromatic carbocycles. The quantitative estimate of drug-likeness (QED) is 0.574. The first-order valence-corrected chi connectivity index (χ1v) is 7.36. The number of rotatable bonds is 5. The Labute approximate surface area is 137 Å². The summed E-state index contributed by atoms with van der Waals surface area (Å²) in [5, 5.41) is 21.1. The van der Waals surface area contributed by atoms with Gasteiger partial charge in [-0.25, -0.2) is 0 Å². The van der Waals surface area contributed by atoms with Gasteiger partial charge < -0.3 is 9.67 Å². The minimum absolute atomic E-state index is 0.00637. The van der Waals surface area contributed by atoms with Gasteiger partial charge in [0.25, 0.3) is 5.69 Å². The lowest BCUT2D eigenvalue weighted by molar-refractivity contribution is -0.383. The SMILES string of the molecule is Cn1cc(CCC(=O)O)c2c(-c3ccncc3)ccc([N+](=O)[O-])c21. The van der Waals surface area contributed by atoms with Gasteiger partial charge in [0.05, 0.1) is 4.92 Å². The number of pyridine rings is 1. The predicted molar refractivity (Wildman–Crippen MR) is 88.8 cm³/mol. The average Bonchev–Trinajstić information content (AvgIpc) is 2.90. The summed E-state index contributed by atoms with van der Waals surface area (Å²) in [6.07, 6.45) is 5.36. The van der Waals surface area contributed by atoms with Crippen molar-refractivity contribution in [3.8, 4) is 11.1 Å². The molecule has 24 heavy (non-hydrogen) atoms. The third kappa shape index (κ3) is 2.71. The van der Waals surface area contributed by atoms with E-state index in [4.69, 9.17) is 5.11 Å². The Kier molecular flexibility index (Phi) is 3.99. The van der Waals surface area contributed by atoms with Crippen molar-refractivity contribution in [1.82, 2.24) is 9.55 Å². The molecule has 7 nitrogen and oxygen atoms in total. The number of fused-ring (bicyclic) bond motifs is 1. The zero-order chi connectivity index (χ0) is 17.3. The van der Waals surface area contributed by atoms with Gasteiger partial charge in [0.15, 0.2) is 0 Å². The van der Waals surface area contributed by atoms with Crippen LogP contribution in [0, 0.1) is 10.1 Å². The molecule has 2 heterocycles. The number of hydrogen-bond acceptors (Lipinski definition) is 4. The lowest BCUT2D eigenvalue weighted by atomic mass is 9.97. The molecule has 3 rings (SSSR count). The standard InChI is InChI=1S/C17H15N3O4/c1-19-10-12(2-5-15(21)22)16-13(11-6-8-18-9-7-11)3-4-14(17(16)19)20(23)24/h3-4,6-10H,2,5H2,1H3,(H,21,22). The minimum atomic E-state index is -0.900. The number of non-ortho nitro benzene ring substituents is 1. The second kappa shape index (κ2) is 6.11. The molecule has 0 unspecified atom stereocenters. The first-order valence-electron chi connectivity index (χ1n) is 7.36. The largest absolute Gasteiger partial charge is 0.481 e. The number of carboxylic acid groups (broad SMARTS) is 1. The summed E-state index contributed by atoms with van der Waals surface area (Å²) < 4.78 is 1.69. The molecule has 0 aliphatic carbocycles. The zero-order valence-electron chi connectivity index (χ0n) is 13.0. The lowest BCUT2D eigenvalue weighted by Crippen LogP contribution is -1.97. The molecule has 0 atom stereocenters. The van der Waals surface area contributed by atoms with E-state index in [0.29, 0.717) is 11.9 Å². The fourth-order valence-corrected chi connectivity index (χ4v) is 2.98. The maximum atomic E-state index is 11.4. The van der Waals surface area contributed by atoms with Crippen molar-refractivity contribution >= 4 is 22.6 Å². The summed E-state index contributed by atoms with van der Waals surface area (Å²) in [4.78, 5) is 25.9. The third-order valence-electron chi connectivity index (χ3n) is 3.98. The van der Waals surface area contributed by atoms with E-state index in [1.807, 2.05) is 12.1 Å². The summed E-state index contributed by atoms with van der Waals surface area (Å²) in [6, 6.07) is 6.85. The number of nitro benzene ring substituents is 1. The van der Waals surface area contributed by atoms with Crippen molar-refractivity contribution < 1.29 is 14.8 Å². The highest BCUT2D eigenvalue weighted by Gasteiger charge is 2.21. The topological polar surface area (TPSA) is 98.3 Å². The number of aromatic nitrogens is 2. The van der Waals surface area contributed by atoms with Crippen LogP contribution in [0.15, 0.2) is 42.9 Å². The van der Waals surface area contributed by atoms with Crippen LogP contribution in [0.1, 0.15) is 12.0 Å². The number of carboxylic acids is 1. The number of nitro groups is 1. The van der Waals surface area contributed by atoms with Crippen LogP contribution in [0.25, 0.3) is 22.0 Å². The van der Waals surface area contributed by atoms with Crippen LogP contribution in [-0.4, -0.2) is 25.6 Å². The number of aryl methyl sites for hydroxylation is 2. The molecule has 0 amide bonds. The van der Waals surface area contributed by atoms with Gasteiger partial charge in [-0.15, -0.1) is 0 Å². The van der Waals surface area contributed by atoms with Crippen molar-refractivity contribution in [3.05, 3.63) is 58.5 Å². The zero-order valence-corrected chi connectivity index (χ0v) is 13.0. The van der Waals surface area contributed by atoms with Crippen LogP contribution >= 0.6 is 0 Å². The molecule has 0 fully saturated rings. The summed E-state index contributed by atoms with van der Waals surface area (Å²) in [5.41, 5.74) is 3.00. The molecule has 7 heteroatoms. The number of benzene rings is 1. The molecule has 0 spiro atoms. The first kappa shape index (κ1) is 15.7. The van der Waals surface area contributed by atoms with Crippen molar-refractivity contribution in [2.75, 3.05) is 0 Å². The molecule has 2 aromatic heterocycles. The molecule has 0 aliphatic rings. The smallest absolute Gasteiger partial charge is 0.303 e. The fraction of sp³-hybridized carbons (Fsp3) is 0.176. The van der Waals surface area contributed by atoms with Gasteiger partial charge >= 0.3 is 5.97 Å². The van der Waals surface area contributed by atoms with Gasteiger partial charge in [-0.2, -0.15) is 0 Å². The van der Waals surface area contributed by atoms with Crippen molar-refractivity contribution in [1.29, 1.82) is 0 Å². The first-order chi connectivity index (χ1) is 11.5. The molecule has 0 aliphatic heterocycles. The molecular weight excluding hydrogens is 310 g/mol. The average molecular weight is 325 g/mol. The Morgan fingerprint density at radius 3 is 2.62 bits per heavy atom. The highest BCUT2D eigenvalue weighted by molar-refractivity contribution is 6.02. The van der Waals surface area contributed by atoms with Crippen LogP contribution < -0.4 is 0 Å². The van der Waals surface area contributed by atoms with E-state index in [-0.39, 0.29) is 12.1 Å². The van der Waals surface area contributed by atoms with Gasteiger partial charge in [0.1, 0.15) is 5.52 Å². The third-order valence-corrected chi connectivity index (χ3v) is 3.98. The van der Waals surface area contributed by atoms with E-state index in [0.717, 1.165) is 22.1 Å². The predicted octanol–water partition coefficient (Wildman–Crippen LogP) is 3.17. The van der Waals surface area contributed by atoms with E-state index in [2.05, 4.69) is 4.98 Å². The fourth-order valence-electron chi connectivity index (χ4n) is 2.98. The van der Waals surface area contributed by atoms with Gasteiger partial charge in [-0.3, -0.25) is 19.9 Å². The van der Waals surface area contributed by atoms with E-state index in [1.165, 1.54) is 6.07 Å². The molecule has 0 saturated carbocycles. The minimum Gasteiger partial charge on any atom is -0.481 e. The lowest BCUT2D eigenvalue weighted by Gasteiger charge is -2.07. The molecule has 122 valence electrons. The highest BCUT2D eigenvalue weighted by Crippen LogP contribution is 2.37. The maximum Gasteiger partial charge on any atom is 0.303 e. The van der Waals surface area contributed by atoms with Crippen LogP contribution in [0.4, 0.5) is 5.69 Å². The normalized spacial score (nSPS) is 10.9. The monoisotopic (exact) mass is 325 g/mol. The van der Waals surface area contributed by atoms with Crippen LogP contribution in [-0.2, 0) is 18.3 Å². The molecule has 3 aromatic rings. The second-order valence-electron chi connectivity index (χ2n) is 5.51. The van der Waals surface area contributed by atoms with E-state index >= 15 is 0 Å². The molecular formula is C17H15N3O4. The van der Waals surface area contributed by atoms with E-state index in [1.54, 1.807) is 36.3 Å². The van der Waals surface area contributed by atoms with Gasteiger partial charge in [0, 0.05) is 43.5 Å². The van der Waals surface area contributed by atoms with Crippen LogP contribution in [0.5, 0.6) is 0 Å². The Balaban J connectivity index is 2.30. The Morgan fingerprint density at radius 1 is 1.29 bits per heavy atom. The van der Waals surface area contributed by atoms with E-state index < -0.39 is 10.9 Å². The van der Waals surface area contributed by atoms with E-state index in [9.17, 15) is 14.9 Å². The van der Waals surface area contributed by atoms with Crippen LogP contribution in [0.3, 0.4) is 0 Å². The van der Waals surface area contributed by atoms with Crippen molar-refractivity contribution in [2.24, 2.45) is 7.05 Å². The second-order valence-corrected chi connectivity index (χ2v) is 5.51. The maximum absolute atomic E-state index is 11.4. The summed E-state index contributed by atoms with van der Waals surface area (Å²) in [5.74, 6) is -0.900. The summed E-state index contributed by atoms with van der Waals surface area (Å²) in [7, 11) is 1.73.